The Morgan fingerprint density at radius 3 is 2.52 bits per heavy atom. The molecule has 0 aliphatic carbocycles. The van der Waals surface area contributed by atoms with E-state index in [1.807, 2.05) is 37.8 Å². The minimum absolute atomic E-state index is 0.0434. The second kappa shape index (κ2) is 6.75. The molecule has 1 aromatic heterocycles. The van der Waals surface area contributed by atoms with Crippen LogP contribution in [0.15, 0.2) is 35.1 Å². The van der Waals surface area contributed by atoms with Gasteiger partial charge in [0, 0.05) is 37.1 Å². The van der Waals surface area contributed by atoms with Crippen LogP contribution in [0.3, 0.4) is 0 Å². The van der Waals surface area contributed by atoms with Gasteiger partial charge in [-0.05, 0) is 51.0 Å². The number of rotatable bonds is 2. The zero-order valence-corrected chi connectivity index (χ0v) is 15.3. The molecule has 132 valence electrons. The molecule has 3 rings (SSSR count). The third-order valence-electron chi connectivity index (χ3n) is 5.07. The van der Waals surface area contributed by atoms with Crippen LogP contribution < -0.4 is 10.5 Å². The second-order valence-electron chi connectivity index (χ2n) is 6.90. The topological polar surface area (TPSA) is 56.4 Å². The van der Waals surface area contributed by atoms with Crippen LogP contribution in [0, 0.1) is 20.8 Å². The van der Waals surface area contributed by atoms with Crippen LogP contribution in [-0.2, 0) is 0 Å². The molecule has 2 heterocycles. The summed E-state index contributed by atoms with van der Waals surface area (Å²) < 4.78 is 0. The minimum atomic E-state index is -0.304. The smallest absolute Gasteiger partial charge is 0.261 e. The van der Waals surface area contributed by atoms with Crippen molar-refractivity contribution < 1.29 is 4.79 Å². The van der Waals surface area contributed by atoms with Crippen molar-refractivity contribution in [2.24, 2.45) is 0 Å². The average molecular weight is 339 g/mol. The van der Waals surface area contributed by atoms with Crippen LogP contribution >= 0.6 is 0 Å². The Labute approximate surface area is 148 Å². The number of para-hydroxylation sites is 1. The summed E-state index contributed by atoms with van der Waals surface area (Å²) in [5.41, 5.74) is 4.11. The zero-order valence-electron chi connectivity index (χ0n) is 15.3. The first kappa shape index (κ1) is 17.3. The van der Waals surface area contributed by atoms with E-state index in [-0.39, 0.29) is 23.1 Å². The van der Waals surface area contributed by atoms with Crippen molar-refractivity contribution in [3.05, 3.63) is 63.1 Å². The van der Waals surface area contributed by atoms with Gasteiger partial charge in [-0.25, -0.2) is 0 Å². The maximum atomic E-state index is 12.9. The SMILES string of the molecule is Cc1ccccc1N1CCN(C(=O)c2cc(C)c(C)[nH]c2=O)[C@H](C)C1. The summed E-state index contributed by atoms with van der Waals surface area (Å²) in [6.45, 7) is 10.0. The quantitative estimate of drug-likeness (QED) is 0.915. The fourth-order valence-electron chi connectivity index (χ4n) is 3.44. The van der Waals surface area contributed by atoms with Gasteiger partial charge in [0.05, 0.1) is 0 Å². The van der Waals surface area contributed by atoms with Crippen molar-refractivity contribution in [2.75, 3.05) is 24.5 Å². The Morgan fingerprint density at radius 2 is 1.84 bits per heavy atom. The highest BCUT2D eigenvalue weighted by Gasteiger charge is 2.30. The number of aromatic amines is 1. The van der Waals surface area contributed by atoms with Gasteiger partial charge in [0.25, 0.3) is 11.5 Å². The van der Waals surface area contributed by atoms with E-state index in [1.54, 1.807) is 6.07 Å². The third-order valence-corrected chi connectivity index (χ3v) is 5.07. The summed E-state index contributed by atoms with van der Waals surface area (Å²) in [7, 11) is 0. The Bertz CT molecular complexity index is 856. The summed E-state index contributed by atoms with van der Waals surface area (Å²) in [6.07, 6.45) is 0. The number of carbonyl (C=O) groups excluding carboxylic acids is 1. The number of piperazine rings is 1. The van der Waals surface area contributed by atoms with E-state index >= 15 is 0 Å². The molecule has 25 heavy (non-hydrogen) atoms. The van der Waals surface area contributed by atoms with Gasteiger partial charge < -0.3 is 14.8 Å². The molecule has 0 saturated carbocycles. The molecule has 2 aromatic rings. The average Bonchev–Trinajstić information content (AvgIpc) is 2.58. The molecule has 0 bridgehead atoms. The predicted octanol–water partition coefficient (Wildman–Crippen LogP) is 2.65. The minimum Gasteiger partial charge on any atom is -0.367 e. The lowest BCUT2D eigenvalue weighted by Gasteiger charge is -2.41. The molecule has 1 aromatic carbocycles. The van der Waals surface area contributed by atoms with Crippen molar-refractivity contribution in [2.45, 2.75) is 33.7 Å². The van der Waals surface area contributed by atoms with Crippen molar-refractivity contribution in [1.82, 2.24) is 9.88 Å². The van der Waals surface area contributed by atoms with Crippen molar-refractivity contribution in [1.29, 1.82) is 0 Å². The van der Waals surface area contributed by atoms with E-state index in [1.165, 1.54) is 11.3 Å². The van der Waals surface area contributed by atoms with Crippen LogP contribution in [0.5, 0.6) is 0 Å². The Morgan fingerprint density at radius 1 is 1.12 bits per heavy atom. The van der Waals surface area contributed by atoms with Crippen LogP contribution in [0.2, 0.25) is 0 Å². The molecule has 5 nitrogen and oxygen atoms in total. The maximum Gasteiger partial charge on any atom is 0.261 e. The number of nitrogens with one attached hydrogen (secondary N) is 1. The van der Waals surface area contributed by atoms with Crippen LogP contribution in [0.4, 0.5) is 5.69 Å². The number of carbonyl (C=O) groups is 1. The largest absolute Gasteiger partial charge is 0.367 e. The lowest BCUT2D eigenvalue weighted by molar-refractivity contribution is 0.0672. The molecule has 1 aliphatic rings. The molecule has 1 fully saturated rings. The second-order valence-corrected chi connectivity index (χ2v) is 6.90. The van der Waals surface area contributed by atoms with Crippen molar-refractivity contribution in [3.63, 3.8) is 0 Å². The van der Waals surface area contributed by atoms with Gasteiger partial charge in [-0.15, -0.1) is 0 Å². The number of hydrogen-bond donors (Lipinski definition) is 1. The standard InChI is InChI=1S/C20H25N3O2/c1-13-7-5-6-8-18(13)22-9-10-23(15(3)12-22)20(25)17-11-14(2)16(4)21-19(17)24/h5-8,11,15H,9-10,12H2,1-4H3,(H,21,24)/t15-/m1/s1. The number of benzene rings is 1. The fraction of sp³-hybridized carbons (Fsp3) is 0.400. The van der Waals surface area contributed by atoms with E-state index in [0.717, 1.165) is 24.3 Å². The highest BCUT2D eigenvalue weighted by atomic mass is 16.2. The first-order valence-electron chi connectivity index (χ1n) is 8.70. The number of aryl methyl sites for hydroxylation is 3. The highest BCUT2D eigenvalue weighted by Crippen LogP contribution is 2.23. The Balaban J connectivity index is 1.80. The van der Waals surface area contributed by atoms with E-state index in [4.69, 9.17) is 0 Å². The summed E-state index contributed by atoms with van der Waals surface area (Å²) >= 11 is 0. The molecule has 5 heteroatoms. The molecular weight excluding hydrogens is 314 g/mol. The van der Waals surface area contributed by atoms with E-state index in [0.29, 0.717) is 6.54 Å². The van der Waals surface area contributed by atoms with Gasteiger partial charge in [-0.1, -0.05) is 18.2 Å². The highest BCUT2D eigenvalue weighted by molar-refractivity contribution is 5.94. The monoisotopic (exact) mass is 339 g/mol. The van der Waals surface area contributed by atoms with Gasteiger partial charge >= 0.3 is 0 Å². The van der Waals surface area contributed by atoms with Crippen LogP contribution in [-0.4, -0.2) is 41.5 Å². The molecule has 1 N–H and O–H groups in total. The zero-order chi connectivity index (χ0) is 18.1. The first-order chi connectivity index (χ1) is 11.9. The predicted molar refractivity (Wildman–Crippen MR) is 100 cm³/mol. The lowest BCUT2D eigenvalue weighted by atomic mass is 10.1. The number of anilines is 1. The molecule has 1 atom stereocenters. The van der Waals surface area contributed by atoms with Crippen molar-refractivity contribution in [3.8, 4) is 0 Å². The molecule has 1 amide bonds. The third kappa shape index (κ3) is 3.31. The fourth-order valence-corrected chi connectivity index (χ4v) is 3.44. The van der Waals surface area contributed by atoms with Crippen LogP contribution in [0.1, 0.15) is 34.1 Å². The van der Waals surface area contributed by atoms with Gasteiger partial charge in [-0.3, -0.25) is 9.59 Å². The van der Waals surface area contributed by atoms with Gasteiger partial charge in [0.15, 0.2) is 0 Å². The Hall–Kier alpha value is -2.56. The van der Waals surface area contributed by atoms with E-state index < -0.39 is 0 Å². The maximum absolute atomic E-state index is 12.9. The van der Waals surface area contributed by atoms with Crippen molar-refractivity contribution >= 4 is 11.6 Å². The van der Waals surface area contributed by atoms with E-state index in [2.05, 4.69) is 28.9 Å². The summed E-state index contributed by atoms with van der Waals surface area (Å²) in [5.74, 6) is -0.179. The summed E-state index contributed by atoms with van der Waals surface area (Å²) in [5, 5.41) is 0. The summed E-state index contributed by atoms with van der Waals surface area (Å²) in [6, 6.07) is 10.0. The summed E-state index contributed by atoms with van der Waals surface area (Å²) in [4.78, 5) is 32.0. The van der Waals surface area contributed by atoms with Gasteiger partial charge in [-0.2, -0.15) is 0 Å². The molecule has 1 saturated heterocycles. The van der Waals surface area contributed by atoms with Gasteiger partial charge in [0.1, 0.15) is 5.56 Å². The number of H-pyrrole nitrogens is 1. The normalized spacial score (nSPS) is 17.7. The molecule has 1 aliphatic heterocycles. The number of pyridine rings is 1. The van der Waals surface area contributed by atoms with E-state index in [9.17, 15) is 9.59 Å². The molecule has 0 radical (unpaired) electrons. The number of amides is 1. The molecular formula is C20H25N3O2. The number of aromatic nitrogens is 1. The number of nitrogens with zero attached hydrogens (tertiary/aromatic N) is 2. The first-order valence-corrected chi connectivity index (χ1v) is 8.70. The van der Waals surface area contributed by atoms with Gasteiger partial charge in [0.2, 0.25) is 0 Å². The van der Waals surface area contributed by atoms with Crippen LogP contribution in [0.25, 0.3) is 0 Å². The molecule has 0 spiro atoms. The number of hydrogen-bond acceptors (Lipinski definition) is 3. The lowest BCUT2D eigenvalue weighted by Crippen LogP contribution is -2.55. The molecule has 0 unspecified atom stereocenters. The Kier molecular flexibility index (Phi) is 4.66.